The summed E-state index contributed by atoms with van der Waals surface area (Å²) in [6.07, 6.45) is 3.94. The van der Waals surface area contributed by atoms with Gasteiger partial charge in [0.2, 0.25) is 0 Å². The van der Waals surface area contributed by atoms with Crippen molar-refractivity contribution in [2.24, 2.45) is 0 Å². The fraction of sp³-hybridized carbons (Fsp3) is 0. The van der Waals surface area contributed by atoms with E-state index in [1.165, 1.54) is 16.3 Å². The largest absolute Gasteiger partial charge is 0.299 e. The van der Waals surface area contributed by atoms with Crippen molar-refractivity contribution in [2.45, 2.75) is 0 Å². The Labute approximate surface area is 250 Å². The topological polar surface area (TPSA) is 30.2 Å². The van der Waals surface area contributed by atoms with Crippen LogP contribution in [-0.2, 0) is 0 Å². The molecular weight excluding hydrogens is 522 g/mol. The second kappa shape index (κ2) is 10.6. The molecule has 8 aromatic rings. The van der Waals surface area contributed by atoms with Gasteiger partial charge in [0.15, 0.2) is 0 Å². The van der Waals surface area contributed by atoms with E-state index in [0.717, 1.165) is 56.1 Å². The Bertz CT molecular complexity index is 2230. The maximum absolute atomic E-state index is 5.11. The summed E-state index contributed by atoms with van der Waals surface area (Å²) in [6.45, 7) is 0. The number of hydrogen-bond acceptors (Lipinski definition) is 2. The highest BCUT2D eigenvalue weighted by atomic mass is 15.0. The molecule has 3 nitrogen and oxygen atoms in total. The highest BCUT2D eigenvalue weighted by Gasteiger charge is 2.17. The molecule has 0 amide bonds. The van der Waals surface area contributed by atoms with Gasteiger partial charge in [-0.1, -0.05) is 103 Å². The van der Waals surface area contributed by atoms with Gasteiger partial charge in [0.25, 0.3) is 0 Å². The average Bonchev–Trinajstić information content (AvgIpc) is 3.48. The second-order valence-corrected chi connectivity index (χ2v) is 10.7. The number of pyridine rings is 2. The van der Waals surface area contributed by atoms with Crippen molar-refractivity contribution in [3.63, 3.8) is 0 Å². The van der Waals surface area contributed by atoms with E-state index in [9.17, 15) is 0 Å². The molecule has 0 aliphatic heterocycles. The van der Waals surface area contributed by atoms with Crippen molar-refractivity contribution in [3.8, 4) is 56.0 Å². The number of nitrogens with zero attached hydrogens (tertiary/aromatic N) is 3. The molecule has 0 saturated heterocycles. The van der Waals surface area contributed by atoms with Crippen LogP contribution in [0.2, 0.25) is 0 Å². The molecule has 0 atom stereocenters. The summed E-state index contributed by atoms with van der Waals surface area (Å²) in [5.74, 6) is 0. The molecule has 0 spiro atoms. The first-order valence-electron chi connectivity index (χ1n) is 14.5. The van der Waals surface area contributed by atoms with Crippen molar-refractivity contribution in [3.05, 3.63) is 164 Å². The molecule has 8 rings (SSSR count). The lowest BCUT2D eigenvalue weighted by Gasteiger charge is -2.13. The van der Waals surface area contributed by atoms with Crippen molar-refractivity contribution in [1.29, 1.82) is 0 Å². The zero-order valence-corrected chi connectivity index (χ0v) is 23.4. The quantitative estimate of drug-likeness (QED) is 0.214. The van der Waals surface area contributed by atoms with Gasteiger partial charge in [-0.05, 0) is 81.6 Å². The molecule has 202 valence electrons. The Morgan fingerprint density at radius 3 is 2.07 bits per heavy atom. The van der Waals surface area contributed by atoms with E-state index in [0.29, 0.717) is 0 Å². The van der Waals surface area contributed by atoms with Gasteiger partial charge in [-0.2, -0.15) is 0 Å². The Morgan fingerprint density at radius 2 is 1.16 bits per heavy atom. The Kier molecular flexibility index (Phi) is 6.12. The number of imidazole rings is 1. The lowest BCUT2D eigenvalue weighted by atomic mass is 9.91. The molecule has 0 N–H and O–H groups in total. The molecule has 0 aliphatic carbocycles. The third-order valence-corrected chi connectivity index (χ3v) is 8.04. The predicted octanol–water partition coefficient (Wildman–Crippen LogP) is 10.2. The van der Waals surface area contributed by atoms with E-state index in [2.05, 4.69) is 144 Å². The fourth-order valence-electron chi connectivity index (χ4n) is 6.02. The van der Waals surface area contributed by atoms with Crippen molar-refractivity contribution in [1.82, 2.24) is 14.4 Å². The molecule has 0 radical (unpaired) electrons. The number of rotatable bonds is 5. The van der Waals surface area contributed by atoms with Crippen LogP contribution >= 0.6 is 0 Å². The van der Waals surface area contributed by atoms with Gasteiger partial charge in [-0.3, -0.25) is 9.38 Å². The summed E-state index contributed by atoms with van der Waals surface area (Å²) >= 11 is 0. The highest BCUT2D eigenvalue weighted by Crippen LogP contribution is 2.38. The molecule has 5 aromatic carbocycles. The monoisotopic (exact) mass is 549 g/mol. The summed E-state index contributed by atoms with van der Waals surface area (Å²) in [5.41, 5.74) is 11.9. The summed E-state index contributed by atoms with van der Waals surface area (Å²) in [5, 5.41) is 2.46. The van der Waals surface area contributed by atoms with Gasteiger partial charge in [0.1, 0.15) is 5.65 Å². The van der Waals surface area contributed by atoms with Crippen LogP contribution in [0, 0.1) is 0 Å². The average molecular weight is 550 g/mol. The Hall–Kier alpha value is -5.80. The third kappa shape index (κ3) is 4.58. The molecule has 3 heterocycles. The number of fused-ring (bicyclic) bond motifs is 2. The van der Waals surface area contributed by atoms with E-state index in [-0.39, 0.29) is 0 Å². The molecule has 0 bridgehead atoms. The number of hydrogen-bond donors (Lipinski definition) is 0. The molecule has 0 unspecified atom stereocenters. The molecule has 0 aliphatic rings. The predicted molar refractivity (Wildman–Crippen MR) is 178 cm³/mol. The summed E-state index contributed by atoms with van der Waals surface area (Å²) in [7, 11) is 0. The van der Waals surface area contributed by atoms with Crippen LogP contribution in [0.25, 0.3) is 72.4 Å². The first kappa shape index (κ1) is 25.0. The number of aromatic nitrogens is 3. The van der Waals surface area contributed by atoms with E-state index in [4.69, 9.17) is 9.97 Å². The Morgan fingerprint density at radius 1 is 0.465 bits per heavy atom. The maximum atomic E-state index is 5.11. The first-order chi connectivity index (χ1) is 21.3. The van der Waals surface area contributed by atoms with Crippen molar-refractivity contribution >= 4 is 16.4 Å². The third-order valence-electron chi connectivity index (χ3n) is 8.04. The van der Waals surface area contributed by atoms with E-state index in [1.807, 2.05) is 24.4 Å². The lowest BCUT2D eigenvalue weighted by Crippen LogP contribution is -1.90. The highest BCUT2D eigenvalue weighted by molar-refractivity contribution is 5.98. The number of benzene rings is 5. The smallest absolute Gasteiger partial charge is 0.137 e. The summed E-state index contributed by atoms with van der Waals surface area (Å²) in [4.78, 5) is 9.81. The van der Waals surface area contributed by atoms with E-state index >= 15 is 0 Å². The van der Waals surface area contributed by atoms with Gasteiger partial charge in [-0.15, -0.1) is 0 Å². The van der Waals surface area contributed by atoms with Crippen molar-refractivity contribution in [2.75, 3.05) is 0 Å². The summed E-state index contributed by atoms with van der Waals surface area (Å²) < 4.78 is 2.18. The molecule has 0 fully saturated rings. The zero-order valence-electron chi connectivity index (χ0n) is 23.4. The Balaban J connectivity index is 1.33. The maximum Gasteiger partial charge on any atom is 0.137 e. The zero-order chi connectivity index (χ0) is 28.6. The minimum Gasteiger partial charge on any atom is -0.299 e. The van der Waals surface area contributed by atoms with Crippen LogP contribution in [0.5, 0.6) is 0 Å². The molecule has 3 aromatic heterocycles. The molecule has 0 saturated carbocycles. The molecule has 43 heavy (non-hydrogen) atoms. The van der Waals surface area contributed by atoms with Crippen LogP contribution < -0.4 is 0 Å². The van der Waals surface area contributed by atoms with Crippen LogP contribution in [-0.4, -0.2) is 14.4 Å². The molecular formula is C40H27N3. The van der Waals surface area contributed by atoms with Crippen LogP contribution in [0.4, 0.5) is 0 Å². The first-order valence-corrected chi connectivity index (χ1v) is 14.5. The normalized spacial score (nSPS) is 11.3. The van der Waals surface area contributed by atoms with Gasteiger partial charge in [-0.25, -0.2) is 4.98 Å². The van der Waals surface area contributed by atoms with Crippen molar-refractivity contribution < 1.29 is 0 Å². The SMILES string of the molecule is c1ccc(-c2c(-c3cccc(-c4cc(-c5ccccn5)cc(-c5cccc6ccccc56)c4)c3)nc3ccccn23)cc1. The van der Waals surface area contributed by atoms with Gasteiger partial charge in [0, 0.05) is 29.1 Å². The second-order valence-electron chi connectivity index (χ2n) is 10.7. The minimum atomic E-state index is 0.928. The standard InChI is InChI=1S/C40H27N3/c1-2-13-29(14-3-1)40-39(42-38-21-7-9-23-43(38)40)31-17-10-16-30(24-31)32-25-33(27-34(26-32)37-20-6-8-22-41-37)36-19-11-15-28-12-4-5-18-35(28)36/h1-27H. The van der Waals surface area contributed by atoms with E-state index < -0.39 is 0 Å². The van der Waals surface area contributed by atoms with Gasteiger partial charge < -0.3 is 0 Å². The van der Waals surface area contributed by atoms with Gasteiger partial charge >= 0.3 is 0 Å². The fourth-order valence-corrected chi connectivity index (χ4v) is 6.02. The van der Waals surface area contributed by atoms with Crippen LogP contribution in [0.15, 0.2) is 164 Å². The molecule has 3 heteroatoms. The van der Waals surface area contributed by atoms with E-state index in [1.54, 1.807) is 0 Å². The van der Waals surface area contributed by atoms with Crippen LogP contribution in [0.3, 0.4) is 0 Å². The lowest BCUT2D eigenvalue weighted by molar-refractivity contribution is 1.19. The van der Waals surface area contributed by atoms with Crippen LogP contribution in [0.1, 0.15) is 0 Å². The summed E-state index contributed by atoms with van der Waals surface area (Å²) in [6, 6.07) is 53.4. The van der Waals surface area contributed by atoms with Gasteiger partial charge in [0.05, 0.1) is 17.1 Å². The minimum absolute atomic E-state index is 0.928.